The Hall–Kier alpha value is -1.68. The lowest BCUT2D eigenvalue weighted by Crippen LogP contribution is -1.93. The number of rotatable bonds is 1. The number of hydrogen-bond acceptors (Lipinski definition) is 5. The van der Waals surface area contributed by atoms with E-state index >= 15 is 0 Å². The minimum atomic E-state index is 0.257. The third-order valence-corrected chi connectivity index (χ3v) is 1.39. The third kappa shape index (κ3) is 0.805. The van der Waals surface area contributed by atoms with Gasteiger partial charge in [0.15, 0.2) is 0 Å². The molecule has 0 N–H and O–H groups in total. The predicted octanol–water partition coefficient (Wildman–Crippen LogP) is -0.362. The Bertz CT molecular complexity index is 325. The molecule has 6 nitrogen and oxygen atoms in total. The van der Waals surface area contributed by atoms with Crippen LogP contribution in [0.3, 0.4) is 0 Å². The van der Waals surface area contributed by atoms with Crippen molar-refractivity contribution < 1.29 is 9.53 Å². The SMILES string of the molecule is O=C=Nc1nnc2n1CCO2. The zero-order chi connectivity index (χ0) is 7.68. The zero-order valence-corrected chi connectivity index (χ0v) is 5.52. The Balaban J connectivity index is 2.49. The molecule has 0 radical (unpaired) electrons. The number of hydrogen-bond donors (Lipinski definition) is 0. The summed E-state index contributed by atoms with van der Waals surface area (Å²) in [5.74, 6) is 0.257. The average Bonchev–Trinajstić information content (AvgIpc) is 2.53. The highest BCUT2D eigenvalue weighted by Gasteiger charge is 2.17. The molecule has 6 heteroatoms. The molecule has 0 saturated heterocycles. The van der Waals surface area contributed by atoms with Gasteiger partial charge in [-0.05, 0) is 0 Å². The van der Waals surface area contributed by atoms with Gasteiger partial charge in [0.1, 0.15) is 6.61 Å². The summed E-state index contributed by atoms with van der Waals surface area (Å²) in [4.78, 5) is 13.2. The van der Waals surface area contributed by atoms with Gasteiger partial charge < -0.3 is 4.74 Å². The second kappa shape index (κ2) is 2.17. The maximum Gasteiger partial charge on any atom is 0.318 e. The van der Waals surface area contributed by atoms with Crippen LogP contribution in [0.2, 0.25) is 0 Å². The van der Waals surface area contributed by atoms with Crippen LogP contribution in [0.1, 0.15) is 0 Å². The monoisotopic (exact) mass is 152 g/mol. The Morgan fingerprint density at radius 3 is 3.36 bits per heavy atom. The lowest BCUT2D eigenvalue weighted by molar-refractivity contribution is 0.341. The molecular formula is C5H4N4O2. The van der Waals surface area contributed by atoms with E-state index in [1.54, 1.807) is 4.57 Å². The second-order valence-electron chi connectivity index (χ2n) is 1.99. The maximum absolute atomic E-state index is 9.86. The van der Waals surface area contributed by atoms with Crippen molar-refractivity contribution in [3.05, 3.63) is 0 Å². The van der Waals surface area contributed by atoms with Crippen LogP contribution in [0.4, 0.5) is 5.95 Å². The first-order chi connectivity index (χ1) is 5.42. The van der Waals surface area contributed by atoms with Crippen molar-refractivity contribution in [2.75, 3.05) is 6.61 Å². The van der Waals surface area contributed by atoms with Gasteiger partial charge in [0.05, 0.1) is 6.54 Å². The van der Waals surface area contributed by atoms with Crippen LogP contribution in [-0.2, 0) is 11.3 Å². The van der Waals surface area contributed by atoms with Gasteiger partial charge in [0, 0.05) is 0 Å². The normalized spacial score (nSPS) is 13.5. The Morgan fingerprint density at radius 2 is 2.55 bits per heavy atom. The van der Waals surface area contributed by atoms with Crippen LogP contribution < -0.4 is 4.74 Å². The van der Waals surface area contributed by atoms with E-state index in [2.05, 4.69) is 15.2 Å². The van der Waals surface area contributed by atoms with E-state index in [9.17, 15) is 4.79 Å². The fourth-order valence-electron chi connectivity index (χ4n) is 0.935. The first-order valence-corrected chi connectivity index (χ1v) is 3.05. The molecule has 1 aromatic heterocycles. The highest BCUT2D eigenvalue weighted by Crippen LogP contribution is 2.20. The molecule has 0 aromatic carbocycles. The highest BCUT2D eigenvalue weighted by molar-refractivity contribution is 5.41. The Kier molecular flexibility index (Phi) is 1.20. The number of nitrogens with zero attached hydrogens (tertiary/aromatic N) is 4. The van der Waals surface area contributed by atoms with Gasteiger partial charge >= 0.3 is 6.01 Å². The van der Waals surface area contributed by atoms with E-state index in [-0.39, 0.29) is 5.95 Å². The molecule has 2 rings (SSSR count). The molecule has 56 valence electrons. The van der Waals surface area contributed by atoms with Gasteiger partial charge in [-0.3, -0.25) is 4.57 Å². The van der Waals surface area contributed by atoms with Crippen molar-refractivity contribution in [2.45, 2.75) is 6.54 Å². The fraction of sp³-hybridized carbons (Fsp3) is 0.400. The largest absolute Gasteiger partial charge is 0.462 e. The molecule has 0 amide bonds. The quantitative estimate of drug-likeness (QED) is 0.407. The summed E-state index contributed by atoms with van der Waals surface area (Å²) in [6, 6.07) is 0.416. The van der Waals surface area contributed by atoms with Crippen molar-refractivity contribution in [1.82, 2.24) is 14.8 Å². The molecule has 2 heterocycles. The molecule has 0 bridgehead atoms. The van der Waals surface area contributed by atoms with Gasteiger partial charge in [0.25, 0.3) is 5.95 Å². The van der Waals surface area contributed by atoms with Gasteiger partial charge in [-0.1, -0.05) is 5.10 Å². The first-order valence-electron chi connectivity index (χ1n) is 3.05. The number of fused-ring (bicyclic) bond motifs is 1. The van der Waals surface area contributed by atoms with E-state index in [0.29, 0.717) is 19.2 Å². The number of aliphatic imine (C=N–C) groups is 1. The van der Waals surface area contributed by atoms with Gasteiger partial charge in [-0.15, -0.1) is 10.1 Å². The summed E-state index contributed by atoms with van der Waals surface area (Å²) in [5, 5.41) is 7.22. The minimum Gasteiger partial charge on any atom is -0.462 e. The van der Waals surface area contributed by atoms with Crippen LogP contribution in [0.15, 0.2) is 4.99 Å². The summed E-state index contributed by atoms with van der Waals surface area (Å²) in [5.41, 5.74) is 0. The third-order valence-electron chi connectivity index (χ3n) is 1.39. The van der Waals surface area contributed by atoms with E-state index in [0.717, 1.165) is 0 Å². The molecule has 1 aliphatic rings. The van der Waals surface area contributed by atoms with E-state index in [1.807, 2.05) is 0 Å². The zero-order valence-electron chi connectivity index (χ0n) is 5.52. The van der Waals surface area contributed by atoms with Crippen molar-refractivity contribution in [3.8, 4) is 6.01 Å². The standard InChI is InChI=1S/C5H4N4O2/c10-3-6-4-7-8-5-9(4)1-2-11-5/h1-2H2. The molecule has 1 aliphatic heterocycles. The van der Waals surface area contributed by atoms with E-state index in [1.165, 1.54) is 6.08 Å². The molecule has 11 heavy (non-hydrogen) atoms. The molecule has 0 aliphatic carbocycles. The molecule has 0 fully saturated rings. The number of isocyanates is 1. The minimum absolute atomic E-state index is 0.257. The Labute approximate surface area is 61.5 Å². The lowest BCUT2D eigenvalue weighted by Gasteiger charge is -1.88. The molecule has 0 spiro atoms. The molecule has 0 unspecified atom stereocenters. The summed E-state index contributed by atoms with van der Waals surface area (Å²) >= 11 is 0. The van der Waals surface area contributed by atoms with E-state index in [4.69, 9.17) is 4.74 Å². The Morgan fingerprint density at radius 1 is 1.64 bits per heavy atom. The maximum atomic E-state index is 9.86. The van der Waals surface area contributed by atoms with Gasteiger partial charge in [-0.25, -0.2) is 4.79 Å². The van der Waals surface area contributed by atoms with Crippen LogP contribution in [0, 0.1) is 0 Å². The van der Waals surface area contributed by atoms with Crippen molar-refractivity contribution in [1.29, 1.82) is 0 Å². The number of aromatic nitrogens is 3. The first kappa shape index (κ1) is 6.06. The average molecular weight is 152 g/mol. The molecular weight excluding hydrogens is 148 g/mol. The van der Waals surface area contributed by atoms with Crippen LogP contribution >= 0.6 is 0 Å². The summed E-state index contributed by atoms with van der Waals surface area (Å²) < 4.78 is 6.64. The van der Waals surface area contributed by atoms with Crippen molar-refractivity contribution in [2.24, 2.45) is 4.99 Å². The topological polar surface area (TPSA) is 69.4 Å². The van der Waals surface area contributed by atoms with Crippen molar-refractivity contribution >= 4 is 12.0 Å². The molecule has 0 saturated carbocycles. The second-order valence-corrected chi connectivity index (χ2v) is 1.99. The van der Waals surface area contributed by atoms with E-state index < -0.39 is 0 Å². The number of ether oxygens (including phenoxy) is 1. The van der Waals surface area contributed by atoms with Gasteiger partial charge in [0.2, 0.25) is 6.08 Å². The van der Waals surface area contributed by atoms with Crippen LogP contribution in [0.5, 0.6) is 6.01 Å². The lowest BCUT2D eigenvalue weighted by atomic mass is 10.7. The summed E-state index contributed by atoms with van der Waals surface area (Å²) in [6.45, 7) is 1.20. The number of carbonyl (C=O) groups excluding carboxylic acids is 1. The fourth-order valence-corrected chi connectivity index (χ4v) is 0.935. The van der Waals surface area contributed by atoms with Gasteiger partial charge in [-0.2, -0.15) is 0 Å². The summed E-state index contributed by atoms with van der Waals surface area (Å²) in [7, 11) is 0. The van der Waals surface area contributed by atoms with Crippen LogP contribution in [0.25, 0.3) is 0 Å². The highest BCUT2D eigenvalue weighted by atomic mass is 16.5. The van der Waals surface area contributed by atoms with Crippen molar-refractivity contribution in [3.63, 3.8) is 0 Å². The predicted molar refractivity (Wildman–Crippen MR) is 33.3 cm³/mol. The molecule has 1 aromatic rings. The molecule has 0 atom stereocenters. The summed E-state index contributed by atoms with van der Waals surface area (Å²) in [6.07, 6.45) is 1.40. The van der Waals surface area contributed by atoms with Crippen LogP contribution in [-0.4, -0.2) is 27.5 Å². The smallest absolute Gasteiger partial charge is 0.318 e.